The lowest BCUT2D eigenvalue weighted by Crippen LogP contribution is -2.39. The number of urea groups is 1. The van der Waals surface area contributed by atoms with Gasteiger partial charge in [0.25, 0.3) is 0 Å². The Kier molecular flexibility index (Phi) is 6.78. The maximum atomic E-state index is 12.9. The van der Waals surface area contributed by atoms with Crippen LogP contribution in [0.3, 0.4) is 0 Å². The molecular formula is C18H17F3N2O4. The summed E-state index contributed by atoms with van der Waals surface area (Å²) in [5.74, 6) is -0.963. The lowest BCUT2D eigenvalue weighted by atomic mass is 10.1. The Hall–Kier alpha value is -3.07. The summed E-state index contributed by atoms with van der Waals surface area (Å²) in [6.45, 7) is -0.574. The molecule has 2 aromatic rings. The van der Waals surface area contributed by atoms with E-state index >= 15 is 0 Å². The standard InChI is InChI=1S/C18H17F3N2O4/c19-18(20,21)13-8-4-5-9-14(13)23-17(26)22-10-15(24)16(25)27-11-12-6-2-1-3-7-12/h1-9,15,24H,10-11H2,(H2,22,23,26). The lowest BCUT2D eigenvalue weighted by molar-refractivity contribution is -0.154. The van der Waals surface area contributed by atoms with Gasteiger partial charge in [-0.1, -0.05) is 42.5 Å². The van der Waals surface area contributed by atoms with Crippen LogP contribution >= 0.6 is 0 Å². The number of aliphatic hydroxyl groups is 1. The minimum atomic E-state index is -4.63. The van der Waals surface area contributed by atoms with Gasteiger partial charge in [-0.2, -0.15) is 13.2 Å². The number of rotatable bonds is 6. The number of hydrogen-bond donors (Lipinski definition) is 3. The second-order valence-electron chi connectivity index (χ2n) is 5.49. The fraction of sp³-hybridized carbons (Fsp3) is 0.222. The quantitative estimate of drug-likeness (QED) is 0.671. The number of anilines is 1. The molecule has 0 aromatic heterocycles. The first-order valence-electron chi connectivity index (χ1n) is 7.87. The molecule has 1 atom stereocenters. The Balaban J connectivity index is 1.82. The fourth-order valence-electron chi connectivity index (χ4n) is 2.10. The zero-order valence-electron chi connectivity index (χ0n) is 14.0. The molecule has 2 aromatic carbocycles. The molecule has 0 saturated heterocycles. The molecular weight excluding hydrogens is 365 g/mol. The molecule has 1 unspecified atom stereocenters. The number of ether oxygens (including phenoxy) is 1. The number of carbonyl (C=O) groups excluding carboxylic acids is 2. The van der Waals surface area contributed by atoms with E-state index in [1.165, 1.54) is 12.1 Å². The molecule has 9 heteroatoms. The third-order valence-electron chi connectivity index (χ3n) is 3.43. The number of amides is 2. The predicted octanol–water partition coefficient (Wildman–Crippen LogP) is 2.93. The number of hydrogen-bond acceptors (Lipinski definition) is 4. The number of esters is 1. The normalized spacial score (nSPS) is 12.1. The van der Waals surface area contributed by atoms with Gasteiger partial charge in [0.1, 0.15) is 6.61 Å². The minimum absolute atomic E-state index is 0.0537. The van der Waals surface area contributed by atoms with Gasteiger partial charge in [0.2, 0.25) is 0 Å². The van der Waals surface area contributed by atoms with Crippen LogP contribution in [-0.2, 0) is 22.3 Å². The summed E-state index contributed by atoms with van der Waals surface area (Å²) in [6, 6.07) is 12.2. The van der Waals surface area contributed by atoms with Crippen LogP contribution in [0, 0.1) is 0 Å². The molecule has 27 heavy (non-hydrogen) atoms. The first-order valence-corrected chi connectivity index (χ1v) is 7.87. The van der Waals surface area contributed by atoms with E-state index in [1.807, 2.05) is 5.32 Å². The average Bonchev–Trinajstić information content (AvgIpc) is 2.64. The first kappa shape index (κ1) is 20.2. The molecule has 2 amide bonds. The van der Waals surface area contributed by atoms with E-state index in [0.717, 1.165) is 12.1 Å². The van der Waals surface area contributed by atoms with Gasteiger partial charge < -0.3 is 20.5 Å². The first-order chi connectivity index (χ1) is 12.8. The number of aliphatic hydroxyl groups excluding tert-OH is 1. The fourth-order valence-corrected chi connectivity index (χ4v) is 2.10. The largest absolute Gasteiger partial charge is 0.459 e. The van der Waals surface area contributed by atoms with Gasteiger partial charge in [-0.25, -0.2) is 9.59 Å². The number of nitrogens with one attached hydrogen (secondary N) is 2. The van der Waals surface area contributed by atoms with E-state index in [-0.39, 0.29) is 6.61 Å². The molecule has 0 bridgehead atoms. The summed E-state index contributed by atoms with van der Waals surface area (Å²) >= 11 is 0. The van der Waals surface area contributed by atoms with Crippen molar-refractivity contribution in [2.75, 3.05) is 11.9 Å². The van der Waals surface area contributed by atoms with Crippen LogP contribution in [0.4, 0.5) is 23.7 Å². The van der Waals surface area contributed by atoms with Gasteiger partial charge in [0, 0.05) is 0 Å². The van der Waals surface area contributed by atoms with Crippen LogP contribution in [-0.4, -0.2) is 29.8 Å². The Morgan fingerprint density at radius 2 is 1.67 bits per heavy atom. The van der Waals surface area contributed by atoms with Crippen molar-refractivity contribution in [2.45, 2.75) is 18.9 Å². The molecule has 0 heterocycles. The van der Waals surface area contributed by atoms with E-state index in [9.17, 15) is 27.9 Å². The zero-order chi connectivity index (χ0) is 19.9. The highest BCUT2D eigenvalue weighted by atomic mass is 19.4. The zero-order valence-corrected chi connectivity index (χ0v) is 14.0. The van der Waals surface area contributed by atoms with Crippen LogP contribution in [0.1, 0.15) is 11.1 Å². The van der Waals surface area contributed by atoms with E-state index in [4.69, 9.17) is 4.74 Å². The Labute approximate surface area is 153 Å². The molecule has 6 nitrogen and oxygen atoms in total. The highest BCUT2D eigenvalue weighted by Crippen LogP contribution is 2.34. The van der Waals surface area contributed by atoms with E-state index in [1.54, 1.807) is 30.3 Å². The van der Waals surface area contributed by atoms with Crippen molar-refractivity contribution in [3.8, 4) is 0 Å². The third-order valence-corrected chi connectivity index (χ3v) is 3.43. The van der Waals surface area contributed by atoms with Gasteiger partial charge in [-0.3, -0.25) is 0 Å². The molecule has 0 aliphatic heterocycles. The van der Waals surface area contributed by atoms with Crippen molar-refractivity contribution in [3.05, 3.63) is 65.7 Å². The molecule has 144 valence electrons. The summed E-state index contributed by atoms with van der Waals surface area (Å²) in [4.78, 5) is 23.4. The van der Waals surface area contributed by atoms with Crippen molar-refractivity contribution < 1.29 is 32.6 Å². The summed E-state index contributed by atoms with van der Waals surface area (Å²) < 4.78 is 43.5. The molecule has 0 spiro atoms. The van der Waals surface area contributed by atoms with Crippen molar-refractivity contribution in [3.63, 3.8) is 0 Å². The molecule has 0 aliphatic rings. The van der Waals surface area contributed by atoms with Gasteiger partial charge in [-0.05, 0) is 17.7 Å². The maximum absolute atomic E-state index is 12.9. The summed E-state index contributed by atoms with van der Waals surface area (Å²) in [5, 5.41) is 13.9. The Morgan fingerprint density at radius 3 is 2.33 bits per heavy atom. The molecule has 3 N–H and O–H groups in total. The van der Waals surface area contributed by atoms with E-state index < -0.39 is 42.1 Å². The van der Waals surface area contributed by atoms with Gasteiger partial charge >= 0.3 is 18.2 Å². The van der Waals surface area contributed by atoms with Crippen LogP contribution in [0.5, 0.6) is 0 Å². The van der Waals surface area contributed by atoms with Crippen molar-refractivity contribution >= 4 is 17.7 Å². The van der Waals surface area contributed by atoms with Crippen LogP contribution in [0.15, 0.2) is 54.6 Å². The Morgan fingerprint density at radius 1 is 1.04 bits per heavy atom. The molecule has 0 fully saturated rings. The molecule has 0 radical (unpaired) electrons. The SMILES string of the molecule is O=C(NCC(O)C(=O)OCc1ccccc1)Nc1ccccc1C(F)(F)F. The summed E-state index contributed by atoms with van der Waals surface area (Å²) in [5.41, 5.74) is -0.737. The van der Waals surface area contributed by atoms with Crippen LogP contribution < -0.4 is 10.6 Å². The predicted molar refractivity (Wildman–Crippen MR) is 90.7 cm³/mol. The number of para-hydroxylation sites is 1. The number of benzene rings is 2. The number of alkyl halides is 3. The van der Waals surface area contributed by atoms with Crippen molar-refractivity contribution in [1.29, 1.82) is 0 Å². The van der Waals surface area contributed by atoms with Gasteiger partial charge in [-0.15, -0.1) is 0 Å². The van der Waals surface area contributed by atoms with E-state index in [0.29, 0.717) is 5.56 Å². The molecule has 2 rings (SSSR count). The summed E-state index contributed by atoms with van der Waals surface area (Å²) in [6.07, 6.45) is -6.29. The van der Waals surface area contributed by atoms with Crippen LogP contribution in [0.2, 0.25) is 0 Å². The number of halogens is 3. The summed E-state index contributed by atoms with van der Waals surface area (Å²) in [7, 11) is 0. The highest BCUT2D eigenvalue weighted by molar-refractivity contribution is 5.90. The Bertz CT molecular complexity index is 782. The highest BCUT2D eigenvalue weighted by Gasteiger charge is 2.33. The topological polar surface area (TPSA) is 87.7 Å². The number of carbonyl (C=O) groups is 2. The molecule has 0 saturated carbocycles. The van der Waals surface area contributed by atoms with Gasteiger partial charge in [0.05, 0.1) is 17.8 Å². The molecule has 0 aliphatic carbocycles. The minimum Gasteiger partial charge on any atom is -0.459 e. The third kappa shape index (κ3) is 6.30. The van der Waals surface area contributed by atoms with Crippen molar-refractivity contribution in [2.24, 2.45) is 0 Å². The van der Waals surface area contributed by atoms with Gasteiger partial charge in [0.15, 0.2) is 6.10 Å². The average molecular weight is 382 g/mol. The van der Waals surface area contributed by atoms with Crippen molar-refractivity contribution in [1.82, 2.24) is 5.32 Å². The smallest absolute Gasteiger partial charge is 0.418 e. The lowest BCUT2D eigenvalue weighted by Gasteiger charge is -2.15. The van der Waals surface area contributed by atoms with Crippen LogP contribution in [0.25, 0.3) is 0 Å². The second kappa shape index (κ2) is 9.04. The monoisotopic (exact) mass is 382 g/mol. The van der Waals surface area contributed by atoms with E-state index in [2.05, 4.69) is 5.32 Å². The maximum Gasteiger partial charge on any atom is 0.418 e. The second-order valence-corrected chi connectivity index (χ2v) is 5.49.